The third kappa shape index (κ3) is 1.88. The Labute approximate surface area is 106 Å². The number of rotatable bonds is 2. The van der Waals surface area contributed by atoms with Crippen molar-refractivity contribution in [1.29, 1.82) is 0 Å². The fourth-order valence-corrected chi connectivity index (χ4v) is 2.67. The molecule has 94 valence electrons. The first-order valence-corrected chi connectivity index (χ1v) is 6.40. The van der Waals surface area contributed by atoms with Gasteiger partial charge in [-0.3, -0.25) is 9.59 Å². The van der Waals surface area contributed by atoms with Crippen molar-refractivity contribution < 1.29 is 9.59 Å². The van der Waals surface area contributed by atoms with E-state index >= 15 is 0 Å². The van der Waals surface area contributed by atoms with Gasteiger partial charge in [0.2, 0.25) is 5.91 Å². The molecule has 0 bridgehead atoms. The number of hydrogen-bond donors (Lipinski definition) is 0. The maximum absolute atomic E-state index is 12.1. The Hall–Kier alpha value is -1.84. The molecule has 2 amide bonds. The molecule has 0 unspecified atom stereocenters. The van der Waals surface area contributed by atoms with Crippen LogP contribution in [0.25, 0.3) is 0 Å². The average molecular weight is 244 g/mol. The highest BCUT2D eigenvalue weighted by atomic mass is 16.2. The lowest BCUT2D eigenvalue weighted by Gasteiger charge is -2.20. The summed E-state index contributed by atoms with van der Waals surface area (Å²) >= 11 is 0. The number of nitrogens with zero attached hydrogens (tertiary/aromatic N) is 2. The van der Waals surface area contributed by atoms with Crippen molar-refractivity contribution in [2.45, 2.75) is 19.4 Å². The minimum Gasteiger partial charge on any atom is -0.341 e. The quantitative estimate of drug-likeness (QED) is 0.786. The minimum absolute atomic E-state index is 0.0156. The van der Waals surface area contributed by atoms with Crippen LogP contribution in [0, 0.1) is 0 Å². The molecular formula is C14H16N2O2. The first-order chi connectivity index (χ1) is 8.75. The molecule has 3 rings (SSSR count). The fraction of sp³-hybridized carbons (Fsp3) is 0.429. The second kappa shape index (κ2) is 4.44. The van der Waals surface area contributed by atoms with Crippen molar-refractivity contribution in [2.24, 2.45) is 0 Å². The Bertz CT molecular complexity index is 492. The Balaban J connectivity index is 1.69. The number of carbonyl (C=O) groups excluding carboxylic acids is 2. The molecule has 1 aromatic carbocycles. The number of carbonyl (C=O) groups is 2. The number of hydrogen-bond acceptors (Lipinski definition) is 2. The third-order valence-corrected chi connectivity index (χ3v) is 3.68. The molecule has 0 atom stereocenters. The van der Waals surface area contributed by atoms with Gasteiger partial charge in [0.15, 0.2) is 0 Å². The Morgan fingerprint density at radius 3 is 2.61 bits per heavy atom. The molecule has 0 aliphatic carbocycles. The van der Waals surface area contributed by atoms with E-state index in [1.165, 1.54) is 0 Å². The molecule has 4 nitrogen and oxygen atoms in total. The van der Waals surface area contributed by atoms with Gasteiger partial charge < -0.3 is 9.80 Å². The van der Waals surface area contributed by atoms with Gasteiger partial charge in [0.25, 0.3) is 5.91 Å². The standard InChI is InChI=1S/C14H16N2O2/c17-13(15-7-3-4-8-15)10-16-9-11-5-1-2-6-12(11)14(16)18/h1-2,5-6H,3-4,7-10H2. The van der Waals surface area contributed by atoms with E-state index in [2.05, 4.69) is 0 Å². The SMILES string of the molecule is O=C(CN1Cc2ccccc2C1=O)N1CCCC1. The van der Waals surface area contributed by atoms with Gasteiger partial charge in [0.05, 0.1) is 0 Å². The zero-order valence-corrected chi connectivity index (χ0v) is 10.3. The van der Waals surface area contributed by atoms with Crippen LogP contribution in [0.2, 0.25) is 0 Å². The summed E-state index contributed by atoms with van der Waals surface area (Å²) in [6.07, 6.45) is 2.17. The molecule has 1 fully saturated rings. The van der Waals surface area contributed by atoms with Crippen LogP contribution in [0.5, 0.6) is 0 Å². The summed E-state index contributed by atoms with van der Waals surface area (Å²) in [5.74, 6) is 0.0619. The monoisotopic (exact) mass is 244 g/mol. The Morgan fingerprint density at radius 1 is 1.17 bits per heavy atom. The van der Waals surface area contributed by atoms with E-state index in [9.17, 15) is 9.59 Å². The summed E-state index contributed by atoms with van der Waals surface area (Å²) in [6.45, 7) is 2.46. The van der Waals surface area contributed by atoms with Gasteiger partial charge in [0.1, 0.15) is 6.54 Å². The van der Waals surface area contributed by atoms with Crippen LogP contribution in [0.15, 0.2) is 24.3 Å². The van der Waals surface area contributed by atoms with Crippen molar-refractivity contribution in [3.63, 3.8) is 0 Å². The smallest absolute Gasteiger partial charge is 0.254 e. The molecule has 1 saturated heterocycles. The summed E-state index contributed by atoms with van der Waals surface area (Å²) in [7, 11) is 0. The van der Waals surface area contributed by atoms with Crippen LogP contribution in [0.4, 0.5) is 0 Å². The second-order valence-electron chi connectivity index (χ2n) is 4.91. The van der Waals surface area contributed by atoms with E-state index in [0.29, 0.717) is 6.54 Å². The lowest BCUT2D eigenvalue weighted by Crippen LogP contribution is -2.39. The molecule has 0 saturated carbocycles. The van der Waals surface area contributed by atoms with Gasteiger partial charge in [-0.2, -0.15) is 0 Å². The Morgan fingerprint density at radius 2 is 1.89 bits per heavy atom. The van der Waals surface area contributed by atoms with Gasteiger partial charge in [-0.25, -0.2) is 0 Å². The number of benzene rings is 1. The average Bonchev–Trinajstić information content (AvgIpc) is 3.00. The highest BCUT2D eigenvalue weighted by Crippen LogP contribution is 2.22. The summed E-state index contributed by atoms with van der Waals surface area (Å²) in [6, 6.07) is 7.58. The first-order valence-electron chi connectivity index (χ1n) is 6.40. The van der Waals surface area contributed by atoms with Crippen molar-refractivity contribution >= 4 is 11.8 Å². The normalized spacial score (nSPS) is 18.3. The first kappa shape index (κ1) is 11.3. The molecular weight excluding hydrogens is 228 g/mol. The topological polar surface area (TPSA) is 40.6 Å². The maximum Gasteiger partial charge on any atom is 0.254 e. The van der Waals surface area contributed by atoms with Crippen LogP contribution in [-0.2, 0) is 11.3 Å². The summed E-state index contributed by atoms with van der Waals surface area (Å²) < 4.78 is 0. The van der Waals surface area contributed by atoms with Gasteiger partial charge in [-0.1, -0.05) is 18.2 Å². The van der Waals surface area contributed by atoms with Crippen molar-refractivity contribution in [3.8, 4) is 0 Å². The summed E-state index contributed by atoms with van der Waals surface area (Å²) in [5, 5.41) is 0. The zero-order valence-electron chi connectivity index (χ0n) is 10.3. The lowest BCUT2D eigenvalue weighted by molar-refractivity contribution is -0.130. The van der Waals surface area contributed by atoms with Gasteiger partial charge in [-0.05, 0) is 24.5 Å². The predicted molar refractivity (Wildman–Crippen MR) is 67.0 cm³/mol. The zero-order chi connectivity index (χ0) is 12.5. The fourth-order valence-electron chi connectivity index (χ4n) is 2.67. The van der Waals surface area contributed by atoms with Crippen LogP contribution < -0.4 is 0 Å². The van der Waals surface area contributed by atoms with E-state index in [0.717, 1.165) is 37.1 Å². The third-order valence-electron chi connectivity index (χ3n) is 3.68. The van der Waals surface area contributed by atoms with Crippen LogP contribution in [0.1, 0.15) is 28.8 Å². The molecule has 18 heavy (non-hydrogen) atoms. The summed E-state index contributed by atoms with van der Waals surface area (Å²) in [5.41, 5.74) is 1.77. The molecule has 2 aliphatic heterocycles. The van der Waals surface area contributed by atoms with Gasteiger partial charge >= 0.3 is 0 Å². The minimum atomic E-state index is -0.0156. The number of likely N-dealkylation sites (tertiary alicyclic amines) is 1. The highest BCUT2D eigenvalue weighted by Gasteiger charge is 2.30. The largest absolute Gasteiger partial charge is 0.341 e. The number of fused-ring (bicyclic) bond motifs is 1. The van der Waals surface area contributed by atoms with Gasteiger partial charge in [0, 0.05) is 25.2 Å². The molecule has 1 aromatic rings. The van der Waals surface area contributed by atoms with Crippen LogP contribution >= 0.6 is 0 Å². The van der Waals surface area contributed by atoms with Crippen LogP contribution in [0.3, 0.4) is 0 Å². The molecule has 0 radical (unpaired) electrons. The highest BCUT2D eigenvalue weighted by molar-refractivity contribution is 6.00. The maximum atomic E-state index is 12.1. The molecule has 2 aliphatic rings. The molecule has 0 N–H and O–H groups in total. The van der Waals surface area contributed by atoms with E-state index in [4.69, 9.17) is 0 Å². The van der Waals surface area contributed by atoms with Crippen LogP contribution in [-0.4, -0.2) is 41.2 Å². The summed E-state index contributed by atoms with van der Waals surface area (Å²) in [4.78, 5) is 27.6. The van der Waals surface area contributed by atoms with E-state index in [1.807, 2.05) is 29.2 Å². The van der Waals surface area contributed by atoms with Crippen molar-refractivity contribution in [3.05, 3.63) is 35.4 Å². The van der Waals surface area contributed by atoms with Crippen molar-refractivity contribution in [1.82, 2.24) is 9.80 Å². The molecule has 0 aromatic heterocycles. The molecule has 0 spiro atoms. The van der Waals surface area contributed by atoms with E-state index in [-0.39, 0.29) is 18.4 Å². The molecule has 2 heterocycles. The van der Waals surface area contributed by atoms with E-state index < -0.39 is 0 Å². The second-order valence-corrected chi connectivity index (χ2v) is 4.91. The predicted octanol–water partition coefficient (Wildman–Crippen LogP) is 1.26. The Kier molecular flexibility index (Phi) is 2.78. The number of amides is 2. The van der Waals surface area contributed by atoms with E-state index in [1.54, 1.807) is 4.90 Å². The van der Waals surface area contributed by atoms with Gasteiger partial charge in [-0.15, -0.1) is 0 Å². The molecule has 4 heteroatoms. The lowest BCUT2D eigenvalue weighted by atomic mass is 10.1. The van der Waals surface area contributed by atoms with Crippen molar-refractivity contribution in [2.75, 3.05) is 19.6 Å².